The normalized spacial score (nSPS) is 10.4. The average molecular weight is 355 g/mol. The van der Waals surface area contributed by atoms with Crippen LogP contribution in [0.4, 0.5) is 5.69 Å². The lowest BCUT2D eigenvalue weighted by Gasteiger charge is -2.11. The number of rotatable bonds is 6. The number of nitrogens with zero attached hydrogens (tertiary/aromatic N) is 2. The number of carbonyl (C=O) groups excluding carboxylic acids is 2. The number of carbonyl (C=O) groups is 2. The van der Waals surface area contributed by atoms with Crippen molar-refractivity contribution >= 4 is 23.2 Å². The molecule has 0 spiro atoms. The van der Waals surface area contributed by atoms with E-state index in [1.54, 1.807) is 41.1 Å². The fraction of sp³-hybridized carbons (Fsp3) is 0.167. The predicted molar refractivity (Wildman–Crippen MR) is 93.7 cm³/mol. The molecule has 0 atom stereocenters. The third-order valence-electron chi connectivity index (χ3n) is 3.59. The summed E-state index contributed by atoms with van der Waals surface area (Å²) >= 11 is 0. The van der Waals surface area contributed by atoms with Gasteiger partial charge in [0.1, 0.15) is 17.1 Å². The number of fused-ring (bicyclic) bond motifs is 1. The van der Waals surface area contributed by atoms with Crippen LogP contribution in [0, 0.1) is 0 Å². The number of hydrogen-bond donors (Lipinski definition) is 1. The molecule has 0 radical (unpaired) electrons. The van der Waals surface area contributed by atoms with Crippen molar-refractivity contribution in [1.29, 1.82) is 0 Å². The van der Waals surface area contributed by atoms with Crippen molar-refractivity contribution in [3.05, 3.63) is 54.5 Å². The van der Waals surface area contributed by atoms with Crippen molar-refractivity contribution in [2.24, 2.45) is 0 Å². The van der Waals surface area contributed by atoms with Crippen LogP contribution in [0.2, 0.25) is 0 Å². The van der Waals surface area contributed by atoms with Crippen molar-refractivity contribution in [1.82, 2.24) is 9.38 Å². The Morgan fingerprint density at radius 2 is 2.00 bits per heavy atom. The Balaban J connectivity index is 1.61. The van der Waals surface area contributed by atoms with Gasteiger partial charge in [-0.05, 0) is 24.3 Å². The van der Waals surface area contributed by atoms with Crippen LogP contribution in [-0.2, 0) is 9.53 Å². The summed E-state index contributed by atoms with van der Waals surface area (Å²) in [6, 6.07) is 10.4. The molecule has 26 heavy (non-hydrogen) atoms. The van der Waals surface area contributed by atoms with Gasteiger partial charge in [-0.25, -0.2) is 9.78 Å². The van der Waals surface area contributed by atoms with Crippen LogP contribution in [0.15, 0.2) is 48.8 Å². The third kappa shape index (κ3) is 3.75. The average Bonchev–Trinajstić information content (AvgIpc) is 3.10. The van der Waals surface area contributed by atoms with E-state index in [0.29, 0.717) is 22.8 Å². The first-order chi connectivity index (χ1) is 12.6. The molecule has 0 fully saturated rings. The zero-order chi connectivity index (χ0) is 18.5. The lowest BCUT2D eigenvalue weighted by Crippen LogP contribution is -2.21. The Kier molecular flexibility index (Phi) is 5.02. The van der Waals surface area contributed by atoms with Gasteiger partial charge in [0.15, 0.2) is 12.3 Å². The summed E-state index contributed by atoms with van der Waals surface area (Å²) in [6.45, 7) is -0.443. The Morgan fingerprint density at radius 1 is 1.15 bits per heavy atom. The molecule has 0 unspecified atom stereocenters. The van der Waals surface area contributed by atoms with E-state index < -0.39 is 18.5 Å². The van der Waals surface area contributed by atoms with E-state index in [2.05, 4.69) is 10.3 Å². The zero-order valence-electron chi connectivity index (χ0n) is 14.3. The van der Waals surface area contributed by atoms with Gasteiger partial charge in [-0.3, -0.25) is 4.79 Å². The number of imidazole rings is 1. The predicted octanol–water partition coefficient (Wildman–Crippen LogP) is 2.15. The fourth-order valence-corrected chi connectivity index (χ4v) is 2.33. The number of benzene rings is 1. The van der Waals surface area contributed by atoms with E-state index in [9.17, 15) is 9.59 Å². The first-order valence-corrected chi connectivity index (χ1v) is 7.73. The van der Waals surface area contributed by atoms with E-state index in [4.69, 9.17) is 14.2 Å². The number of anilines is 1. The maximum absolute atomic E-state index is 12.1. The third-order valence-corrected chi connectivity index (χ3v) is 3.59. The van der Waals surface area contributed by atoms with Gasteiger partial charge in [-0.1, -0.05) is 6.07 Å². The smallest absolute Gasteiger partial charge is 0.359 e. The van der Waals surface area contributed by atoms with Crippen molar-refractivity contribution in [2.75, 3.05) is 26.1 Å². The molecule has 0 saturated heterocycles. The first kappa shape index (κ1) is 17.3. The van der Waals surface area contributed by atoms with E-state index in [1.165, 1.54) is 14.2 Å². The molecular formula is C18H17N3O5. The summed E-state index contributed by atoms with van der Waals surface area (Å²) in [7, 11) is 3.01. The molecule has 0 aliphatic heterocycles. The highest BCUT2D eigenvalue weighted by Crippen LogP contribution is 2.28. The second-order valence-electron chi connectivity index (χ2n) is 5.28. The Morgan fingerprint density at radius 3 is 2.73 bits per heavy atom. The largest absolute Gasteiger partial charge is 0.497 e. The minimum absolute atomic E-state index is 0.131. The summed E-state index contributed by atoms with van der Waals surface area (Å²) in [5, 5.41) is 2.62. The number of methoxy groups -OCH3 is 2. The molecule has 0 saturated carbocycles. The number of hydrogen-bond acceptors (Lipinski definition) is 6. The number of amides is 1. The summed E-state index contributed by atoms with van der Waals surface area (Å²) in [5.41, 5.74) is 1.19. The van der Waals surface area contributed by atoms with Crippen molar-refractivity contribution in [3.63, 3.8) is 0 Å². The van der Waals surface area contributed by atoms with Gasteiger partial charge in [-0.2, -0.15) is 0 Å². The van der Waals surface area contributed by atoms with Crippen LogP contribution in [0.3, 0.4) is 0 Å². The highest BCUT2D eigenvalue weighted by atomic mass is 16.5. The summed E-state index contributed by atoms with van der Waals surface area (Å²) in [4.78, 5) is 28.2. The maximum atomic E-state index is 12.1. The van der Waals surface area contributed by atoms with Gasteiger partial charge in [0.2, 0.25) is 0 Å². The second kappa shape index (κ2) is 7.56. The van der Waals surface area contributed by atoms with Gasteiger partial charge in [0, 0.05) is 18.5 Å². The first-order valence-electron chi connectivity index (χ1n) is 7.73. The Hall–Kier alpha value is -3.55. The standard InChI is InChI=1S/C18H17N3O5/c1-24-12-6-7-13(15(9-12)25-2)20-17(22)11-26-18(23)14-10-21-8-4-3-5-16(21)19-14/h3-10H,11H2,1-2H3,(H,20,22). The molecule has 1 N–H and O–H groups in total. The minimum Gasteiger partial charge on any atom is -0.497 e. The zero-order valence-corrected chi connectivity index (χ0v) is 14.3. The van der Waals surface area contributed by atoms with Crippen LogP contribution in [0.5, 0.6) is 11.5 Å². The molecule has 2 aromatic heterocycles. The van der Waals surface area contributed by atoms with E-state index >= 15 is 0 Å². The topological polar surface area (TPSA) is 91.2 Å². The minimum atomic E-state index is -0.675. The Bertz CT molecular complexity index is 918. The molecular weight excluding hydrogens is 338 g/mol. The van der Waals surface area contributed by atoms with Crippen molar-refractivity contribution < 1.29 is 23.8 Å². The molecule has 1 amide bonds. The SMILES string of the molecule is COc1ccc(NC(=O)COC(=O)c2cn3ccccc3n2)c(OC)c1. The van der Waals surface area contributed by atoms with Crippen LogP contribution < -0.4 is 14.8 Å². The van der Waals surface area contributed by atoms with Crippen molar-refractivity contribution in [2.45, 2.75) is 0 Å². The molecule has 0 aliphatic carbocycles. The molecule has 0 bridgehead atoms. The quantitative estimate of drug-likeness (QED) is 0.681. The maximum Gasteiger partial charge on any atom is 0.359 e. The number of esters is 1. The molecule has 8 heteroatoms. The van der Waals surface area contributed by atoms with E-state index in [0.717, 1.165) is 0 Å². The fourth-order valence-electron chi connectivity index (χ4n) is 2.33. The summed E-state index contributed by atoms with van der Waals surface area (Å²) in [6.07, 6.45) is 3.31. The Labute approximate surface area is 149 Å². The van der Waals surface area contributed by atoms with Gasteiger partial charge in [0.25, 0.3) is 5.91 Å². The molecule has 0 aliphatic rings. The van der Waals surface area contributed by atoms with E-state index in [-0.39, 0.29) is 5.69 Å². The number of aromatic nitrogens is 2. The highest BCUT2D eigenvalue weighted by molar-refractivity contribution is 5.96. The lowest BCUT2D eigenvalue weighted by atomic mass is 10.2. The van der Waals surface area contributed by atoms with Crippen molar-refractivity contribution in [3.8, 4) is 11.5 Å². The van der Waals surface area contributed by atoms with Gasteiger partial charge < -0.3 is 23.9 Å². The number of pyridine rings is 1. The second-order valence-corrected chi connectivity index (χ2v) is 5.28. The van der Waals surface area contributed by atoms with Crippen LogP contribution >= 0.6 is 0 Å². The molecule has 3 aromatic rings. The van der Waals surface area contributed by atoms with Crippen LogP contribution in [0.1, 0.15) is 10.5 Å². The van der Waals surface area contributed by atoms with Crippen LogP contribution in [-0.4, -0.2) is 42.1 Å². The van der Waals surface area contributed by atoms with Gasteiger partial charge >= 0.3 is 5.97 Å². The van der Waals surface area contributed by atoms with Crippen LogP contribution in [0.25, 0.3) is 5.65 Å². The summed E-state index contributed by atoms with van der Waals surface area (Å²) < 4.78 is 17.0. The molecule has 134 valence electrons. The molecule has 3 rings (SSSR count). The molecule has 8 nitrogen and oxygen atoms in total. The van der Waals surface area contributed by atoms with Gasteiger partial charge in [-0.15, -0.1) is 0 Å². The number of ether oxygens (including phenoxy) is 3. The summed E-state index contributed by atoms with van der Waals surface area (Å²) in [5.74, 6) is -0.140. The number of nitrogens with one attached hydrogen (secondary N) is 1. The van der Waals surface area contributed by atoms with Gasteiger partial charge in [0.05, 0.1) is 19.9 Å². The monoisotopic (exact) mass is 355 g/mol. The van der Waals surface area contributed by atoms with E-state index in [1.807, 2.05) is 12.1 Å². The highest BCUT2D eigenvalue weighted by Gasteiger charge is 2.15. The molecule has 1 aromatic carbocycles. The molecule has 2 heterocycles. The lowest BCUT2D eigenvalue weighted by molar-refractivity contribution is -0.119.